The van der Waals surface area contributed by atoms with Gasteiger partial charge < -0.3 is 14.2 Å². The molecule has 0 saturated heterocycles. The maximum Gasteiger partial charge on any atom is 0.306 e. The zero-order valence-electron chi connectivity index (χ0n) is 34.6. The predicted octanol–water partition coefficient (Wildman–Crippen LogP) is 14.4. The summed E-state index contributed by atoms with van der Waals surface area (Å²) in [5, 5.41) is 0. The van der Waals surface area contributed by atoms with E-state index in [1.165, 1.54) is 96.3 Å². The van der Waals surface area contributed by atoms with Gasteiger partial charge in [-0.3, -0.25) is 9.59 Å². The topological polar surface area (TPSA) is 61.8 Å². The molecule has 0 saturated carbocycles. The molecule has 52 heavy (non-hydrogen) atoms. The molecule has 5 heteroatoms. The first-order valence-electron chi connectivity index (χ1n) is 22.2. The monoisotopic (exact) mass is 729 g/mol. The highest BCUT2D eigenvalue weighted by atomic mass is 16.6. The third-order valence-electron chi connectivity index (χ3n) is 9.38. The summed E-state index contributed by atoms with van der Waals surface area (Å²) >= 11 is 0. The SMILES string of the molecule is CC/C=C\C/C=C\C/C=C\C/C=C\CCCCCOCC(COC(=O)CCCCCCCCCCCCCCCCC)OC(=O)CCCCCCC. The van der Waals surface area contributed by atoms with Crippen molar-refractivity contribution in [3.63, 3.8) is 0 Å². The van der Waals surface area contributed by atoms with E-state index in [1.54, 1.807) is 0 Å². The minimum Gasteiger partial charge on any atom is -0.462 e. The Morgan fingerprint density at radius 3 is 1.37 bits per heavy atom. The summed E-state index contributed by atoms with van der Waals surface area (Å²) < 4.78 is 17.2. The normalized spacial score (nSPS) is 12.6. The molecule has 5 nitrogen and oxygen atoms in total. The zero-order chi connectivity index (χ0) is 37.8. The summed E-state index contributed by atoms with van der Waals surface area (Å²) in [6.07, 6.45) is 51.4. The van der Waals surface area contributed by atoms with Crippen LogP contribution in [0.3, 0.4) is 0 Å². The van der Waals surface area contributed by atoms with E-state index in [4.69, 9.17) is 14.2 Å². The van der Waals surface area contributed by atoms with Crippen molar-refractivity contribution in [1.29, 1.82) is 0 Å². The highest BCUT2D eigenvalue weighted by molar-refractivity contribution is 5.70. The quantitative estimate of drug-likeness (QED) is 0.0357. The summed E-state index contributed by atoms with van der Waals surface area (Å²) in [6, 6.07) is 0. The number of rotatable bonds is 40. The van der Waals surface area contributed by atoms with Gasteiger partial charge in [0.25, 0.3) is 0 Å². The van der Waals surface area contributed by atoms with Crippen LogP contribution in [0.5, 0.6) is 0 Å². The van der Waals surface area contributed by atoms with Crippen LogP contribution in [0.4, 0.5) is 0 Å². The Kier molecular flexibility index (Phi) is 41.5. The Balaban J connectivity index is 4.11. The fraction of sp³-hybridized carbons (Fsp3) is 0.787. The van der Waals surface area contributed by atoms with E-state index in [0.29, 0.717) is 19.4 Å². The first-order valence-corrected chi connectivity index (χ1v) is 22.2. The van der Waals surface area contributed by atoms with Gasteiger partial charge in [-0.2, -0.15) is 0 Å². The predicted molar refractivity (Wildman–Crippen MR) is 224 cm³/mol. The number of carbonyl (C=O) groups is 2. The summed E-state index contributed by atoms with van der Waals surface area (Å²) in [6.45, 7) is 7.58. The number of unbranched alkanes of at least 4 members (excludes halogenated alkanes) is 21. The van der Waals surface area contributed by atoms with Crippen LogP contribution in [0.1, 0.15) is 213 Å². The van der Waals surface area contributed by atoms with E-state index in [2.05, 4.69) is 69.4 Å². The van der Waals surface area contributed by atoms with Crippen molar-refractivity contribution in [2.75, 3.05) is 19.8 Å². The summed E-state index contributed by atoms with van der Waals surface area (Å²) in [7, 11) is 0. The Morgan fingerprint density at radius 1 is 0.442 bits per heavy atom. The number of ether oxygens (including phenoxy) is 3. The van der Waals surface area contributed by atoms with E-state index < -0.39 is 6.10 Å². The van der Waals surface area contributed by atoms with Gasteiger partial charge in [-0.25, -0.2) is 0 Å². The zero-order valence-corrected chi connectivity index (χ0v) is 34.6. The number of hydrogen-bond acceptors (Lipinski definition) is 5. The van der Waals surface area contributed by atoms with E-state index in [0.717, 1.165) is 83.5 Å². The smallest absolute Gasteiger partial charge is 0.306 e. The van der Waals surface area contributed by atoms with Gasteiger partial charge in [-0.1, -0.05) is 191 Å². The second-order valence-corrected chi connectivity index (χ2v) is 14.6. The molecule has 302 valence electrons. The molecule has 0 aliphatic heterocycles. The Labute approximate surface area is 322 Å². The second-order valence-electron chi connectivity index (χ2n) is 14.6. The molecule has 0 aromatic heterocycles. The molecule has 0 aromatic rings. The molecule has 0 aliphatic carbocycles. The highest BCUT2D eigenvalue weighted by Crippen LogP contribution is 2.14. The van der Waals surface area contributed by atoms with Crippen molar-refractivity contribution in [3.8, 4) is 0 Å². The Bertz CT molecular complexity index is 873. The van der Waals surface area contributed by atoms with Crippen molar-refractivity contribution < 1.29 is 23.8 Å². The molecule has 0 amide bonds. The van der Waals surface area contributed by atoms with E-state index in [-0.39, 0.29) is 25.2 Å². The first kappa shape index (κ1) is 49.9. The van der Waals surface area contributed by atoms with Crippen LogP contribution in [-0.4, -0.2) is 37.9 Å². The van der Waals surface area contributed by atoms with Crippen LogP contribution >= 0.6 is 0 Å². The number of carbonyl (C=O) groups excluding carboxylic acids is 2. The Hall–Kier alpha value is -2.14. The lowest BCUT2D eigenvalue weighted by Gasteiger charge is -2.18. The average Bonchev–Trinajstić information content (AvgIpc) is 3.14. The van der Waals surface area contributed by atoms with E-state index >= 15 is 0 Å². The first-order chi connectivity index (χ1) is 25.6. The molecule has 0 N–H and O–H groups in total. The minimum absolute atomic E-state index is 0.0744. The molecule has 0 radical (unpaired) electrons. The number of allylic oxidation sites excluding steroid dienone is 8. The third kappa shape index (κ3) is 40.6. The van der Waals surface area contributed by atoms with Crippen LogP contribution in [0.25, 0.3) is 0 Å². The molecular formula is C47H84O5. The van der Waals surface area contributed by atoms with Gasteiger partial charge in [0, 0.05) is 19.4 Å². The largest absolute Gasteiger partial charge is 0.462 e. The van der Waals surface area contributed by atoms with Crippen LogP contribution in [0.15, 0.2) is 48.6 Å². The lowest BCUT2D eigenvalue weighted by atomic mass is 10.0. The fourth-order valence-corrected chi connectivity index (χ4v) is 6.09. The van der Waals surface area contributed by atoms with Crippen LogP contribution < -0.4 is 0 Å². The maximum absolute atomic E-state index is 12.5. The number of hydrogen-bond donors (Lipinski definition) is 0. The molecule has 1 unspecified atom stereocenters. The lowest BCUT2D eigenvalue weighted by Crippen LogP contribution is -2.30. The summed E-state index contributed by atoms with van der Waals surface area (Å²) in [5.41, 5.74) is 0. The van der Waals surface area contributed by atoms with Crippen LogP contribution in [0, 0.1) is 0 Å². The van der Waals surface area contributed by atoms with Crippen LogP contribution in [-0.2, 0) is 23.8 Å². The third-order valence-corrected chi connectivity index (χ3v) is 9.38. The van der Waals surface area contributed by atoms with Gasteiger partial charge in [0.2, 0.25) is 0 Å². The minimum atomic E-state index is -0.544. The van der Waals surface area contributed by atoms with Gasteiger partial charge in [-0.05, 0) is 57.8 Å². The standard InChI is InChI=1S/C47H84O5/c1-4-7-10-13-15-17-19-21-23-25-27-29-31-33-36-39-42-50-43-45(52-47(49)41-38-34-12-9-6-3)44-51-46(48)40-37-35-32-30-28-26-24-22-20-18-16-14-11-8-5-2/h7,10,15,17,21,23,27,29,45H,4-6,8-9,11-14,16,18-20,22,24-26,28,30-44H2,1-3H3/b10-7-,17-15-,23-21-,29-27-. The molecule has 0 aliphatic rings. The van der Waals surface area contributed by atoms with Crippen molar-refractivity contribution >= 4 is 11.9 Å². The highest BCUT2D eigenvalue weighted by Gasteiger charge is 2.17. The van der Waals surface area contributed by atoms with Gasteiger partial charge in [-0.15, -0.1) is 0 Å². The molecular weight excluding hydrogens is 645 g/mol. The molecule has 0 spiro atoms. The fourth-order valence-electron chi connectivity index (χ4n) is 6.09. The summed E-state index contributed by atoms with van der Waals surface area (Å²) in [4.78, 5) is 25.0. The lowest BCUT2D eigenvalue weighted by molar-refractivity contribution is -0.163. The second kappa shape index (κ2) is 43.3. The van der Waals surface area contributed by atoms with Crippen molar-refractivity contribution in [2.45, 2.75) is 219 Å². The average molecular weight is 729 g/mol. The number of esters is 2. The molecule has 1 atom stereocenters. The Morgan fingerprint density at radius 2 is 0.865 bits per heavy atom. The molecule has 0 rings (SSSR count). The van der Waals surface area contributed by atoms with E-state index in [1.807, 2.05) is 0 Å². The molecule has 0 aromatic carbocycles. The van der Waals surface area contributed by atoms with Crippen molar-refractivity contribution in [2.24, 2.45) is 0 Å². The van der Waals surface area contributed by atoms with E-state index in [9.17, 15) is 9.59 Å². The van der Waals surface area contributed by atoms with Gasteiger partial charge in [0.15, 0.2) is 6.10 Å². The van der Waals surface area contributed by atoms with Gasteiger partial charge in [0.05, 0.1) is 6.61 Å². The molecule has 0 heterocycles. The molecule has 0 fully saturated rings. The maximum atomic E-state index is 12.5. The molecule has 0 bridgehead atoms. The van der Waals surface area contributed by atoms with Gasteiger partial charge >= 0.3 is 11.9 Å². The van der Waals surface area contributed by atoms with Gasteiger partial charge in [0.1, 0.15) is 6.61 Å². The van der Waals surface area contributed by atoms with Crippen LogP contribution in [0.2, 0.25) is 0 Å². The van der Waals surface area contributed by atoms with Crippen molar-refractivity contribution in [1.82, 2.24) is 0 Å². The summed E-state index contributed by atoms with van der Waals surface area (Å²) in [5.74, 6) is -0.423. The van der Waals surface area contributed by atoms with Crippen molar-refractivity contribution in [3.05, 3.63) is 48.6 Å².